The Hall–Kier alpha value is -2.02. The molecule has 0 fully saturated rings. The van der Waals surface area contributed by atoms with Gasteiger partial charge in [0.05, 0.1) is 0 Å². The van der Waals surface area contributed by atoms with Gasteiger partial charge >= 0.3 is 0 Å². The smallest absolute Gasteiger partial charge is 0.288 e. The summed E-state index contributed by atoms with van der Waals surface area (Å²) in [5.74, 6) is -5.08. The van der Waals surface area contributed by atoms with Gasteiger partial charge in [-0.2, -0.15) is 8.78 Å². The zero-order valence-corrected chi connectivity index (χ0v) is 11.3. The summed E-state index contributed by atoms with van der Waals surface area (Å²) in [7, 11) is 0. The number of halogens is 4. The molecule has 0 aliphatic rings. The normalized spacial score (nSPS) is 10.7. The highest BCUT2D eigenvalue weighted by atomic mass is 32.2. The molecule has 2 rings (SSSR count). The Morgan fingerprint density at radius 1 is 1.00 bits per heavy atom. The molecule has 2 aromatic rings. The minimum absolute atomic E-state index is 0.108. The monoisotopic (exact) mass is 315 g/mol. The van der Waals surface area contributed by atoms with Gasteiger partial charge in [0.2, 0.25) is 0 Å². The third-order valence-corrected chi connectivity index (χ3v) is 3.27. The van der Waals surface area contributed by atoms with E-state index in [0.29, 0.717) is 16.7 Å². The molecular weight excluding hydrogens is 306 g/mol. The van der Waals surface area contributed by atoms with E-state index in [1.54, 1.807) is 0 Å². The Kier molecular flexibility index (Phi) is 4.85. The fourth-order valence-electron chi connectivity index (χ4n) is 1.59. The summed E-state index contributed by atoms with van der Waals surface area (Å²) < 4.78 is 51.1. The zero-order chi connectivity index (χ0) is 15.4. The number of anilines is 1. The lowest BCUT2D eigenvalue weighted by molar-refractivity contribution is 0.102. The minimum atomic E-state index is -2.56. The van der Waals surface area contributed by atoms with Gasteiger partial charge in [-0.15, -0.1) is 0 Å². The number of alkyl halides is 2. The lowest BCUT2D eigenvalue weighted by Crippen LogP contribution is -2.14. The van der Waals surface area contributed by atoms with Gasteiger partial charge in [-0.3, -0.25) is 4.79 Å². The number of hydrogen-bond donors (Lipinski definition) is 1. The first kappa shape index (κ1) is 15.4. The van der Waals surface area contributed by atoms with E-state index in [-0.39, 0.29) is 5.56 Å². The van der Waals surface area contributed by atoms with Crippen molar-refractivity contribution in [1.82, 2.24) is 0 Å². The van der Waals surface area contributed by atoms with Crippen molar-refractivity contribution < 1.29 is 22.4 Å². The molecule has 0 aliphatic heterocycles. The molecule has 110 valence electrons. The Labute approximate surface area is 122 Å². The second-order valence-electron chi connectivity index (χ2n) is 3.95. The molecule has 7 heteroatoms. The van der Waals surface area contributed by atoms with Crippen LogP contribution in [-0.2, 0) is 0 Å². The summed E-state index contributed by atoms with van der Waals surface area (Å²) in [6.45, 7) is 0. The number of amides is 1. The molecule has 0 atom stereocenters. The van der Waals surface area contributed by atoms with Crippen LogP contribution in [0, 0.1) is 11.6 Å². The fourth-order valence-corrected chi connectivity index (χ4v) is 2.09. The van der Waals surface area contributed by atoms with E-state index in [1.807, 2.05) is 0 Å². The largest absolute Gasteiger partial charge is 0.317 e. The molecule has 0 aliphatic carbocycles. The maximum absolute atomic E-state index is 13.4. The predicted octanol–water partition coefficient (Wildman–Crippen LogP) is 4.53. The van der Waals surface area contributed by atoms with Crippen molar-refractivity contribution in [3.63, 3.8) is 0 Å². The molecule has 0 saturated carbocycles. The van der Waals surface area contributed by atoms with Crippen LogP contribution in [0.2, 0.25) is 0 Å². The summed E-state index contributed by atoms with van der Waals surface area (Å²) in [6.07, 6.45) is 0. The van der Waals surface area contributed by atoms with E-state index < -0.39 is 29.0 Å². The molecule has 2 nitrogen and oxygen atoms in total. The van der Waals surface area contributed by atoms with Crippen molar-refractivity contribution in [2.45, 2.75) is 10.7 Å². The van der Waals surface area contributed by atoms with Gasteiger partial charge in [-0.05, 0) is 36.4 Å². The van der Waals surface area contributed by atoms with Crippen molar-refractivity contribution in [2.24, 2.45) is 0 Å². The van der Waals surface area contributed by atoms with Crippen LogP contribution in [0.15, 0.2) is 47.4 Å². The maximum atomic E-state index is 13.4. The summed E-state index contributed by atoms with van der Waals surface area (Å²) in [4.78, 5) is 12.1. The Balaban J connectivity index is 2.13. The average molecular weight is 315 g/mol. The van der Waals surface area contributed by atoms with Crippen molar-refractivity contribution in [3.05, 3.63) is 59.7 Å². The van der Waals surface area contributed by atoms with Gasteiger partial charge in [0.25, 0.3) is 11.7 Å². The second-order valence-corrected chi connectivity index (χ2v) is 5.02. The fraction of sp³-hybridized carbons (Fsp3) is 0.0714. The van der Waals surface area contributed by atoms with Crippen LogP contribution >= 0.6 is 11.8 Å². The van der Waals surface area contributed by atoms with Gasteiger partial charge < -0.3 is 5.32 Å². The Bertz CT molecular complexity index is 626. The van der Waals surface area contributed by atoms with Gasteiger partial charge in [-0.1, -0.05) is 17.8 Å². The van der Waals surface area contributed by atoms with E-state index in [0.717, 1.165) is 12.1 Å². The van der Waals surface area contributed by atoms with Crippen LogP contribution in [0.25, 0.3) is 0 Å². The third kappa shape index (κ3) is 3.98. The molecule has 1 N–H and O–H groups in total. The van der Waals surface area contributed by atoms with Crippen LogP contribution in [0.5, 0.6) is 0 Å². The van der Waals surface area contributed by atoms with Gasteiger partial charge in [0.1, 0.15) is 17.3 Å². The van der Waals surface area contributed by atoms with E-state index in [1.165, 1.54) is 30.3 Å². The van der Waals surface area contributed by atoms with Crippen molar-refractivity contribution in [2.75, 3.05) is 5.32 Å². The molecule has 0 unspecified atom stereocenters. The number of thioether (sulfide) groups is 1. The Morgan fingerprint density at radius 3 is 2.10 bits per heavy atom. The van der Waals surface area contributed by atoms with E-state index in [2.05, 4.69) is 5.32 Å². The van der Waals surface area contributed by atoms with Gasteiger partial charge in [-0.25, -0.2) is 8.78 Å². The lowest BCUT2D eigenvalue weighted by Gasteiger charge is -2.08. The summed E-state index contributed by atoms with van der Waals surface area (Å²) in [5.41, 5.74) is -0.440. The minimum Gasteiger partial charge on any atom is -0.317 e. The van der Waals surface area contributed by atoms with Crippen LogP contribution in [0.4, 0.5) is 23.2 Å². The topological polar surface area (TPSA) is 29.1 Å². The molecule has 0 heterocycles. The lowest BCUT2D eigenvalue weighted by atomic mass is 10.2. The first-order chi connectivity index (χ1) is 9.97. The zero-order valence-electron chi connectivity index (χ0n) is 10.4. The standard InChI is InChI=1S/C14H9F4NOS/c15-10-2-1-3-11(16)12(10)19-13(20)8-4-6-9(7-5-8)21-14(17)18/h1-7,14H,(H,19,20). The van der Waals surface area contributed by atoms with Gasteiger partial charge in [0.15, 0.2) is 0 Å². The molecule has 1 amide bonds. The molecule has 0 radical (unpaired) electrons. The van der Waals surface area contributed by atoms with Crippen molar-refractivity contribution in [3.8, 4) is 0 Å². The van der Waals surface area contributed by atoms with Crippen LogP contribution < -0.4 is 5.32 Å². The van der Waals surface area contributed by atoms with Crippen molar-refractivity contribution >= 4 is 23.4 Å². The average Bonchev–Trinajstić information content (AvgIpc) is 2.43. The van der Waals surface area contributed by atoms with Gasteiger partial charge in [0, 0.05) is 10.5 Å². The number of para-hydroxylation sites is 1. The summed E-state index contributed by atoms with van der Waals surface area (Å²) in [6, 6.07) is 8.49. The first-order valence-corrected chi connectivity index (χ1v) is 6.65. The quantitative estimate of drug-likeness (QED) is 0.663. The van der Waals surface area contributed by atoms with Crippen LogP contribution in [0.3, 0.4) is 0 Å². The van der Waals surface area contributed by atoms with Crippen molar-refractivity contribution in [1.29, 1.82) is 0 Å². The summed E-state index contributed by atoms with van der Waals surface area (Å²) in [5, 5.41) is 2.11. The van der Waals surface area contributed by atoms with E-state index >= 15 is 0 Å². The third-order valence-electron chi connectivity index (χ3n) is 2.54. The number of carbonyl (C=O) groups excluding carboxylic acids is 1. The molecule has 2 aromatic carbocycles. The van der Waals surface area contributed by atoms with E-state index in [4.69, 9.17) is 0 Å². The molecule has 0 spiro atoms. The maximum Gasteiger partial charge on any atom is 0.288 e. The second kappa shape index (κ2) is 6.62. The highest BCUT2D eigenvalue weighted by Gasteiger charge is 2.13. The number of nitrogens with one attached hydrogen (secondary N) is 1. The van der Waals surface area contributed by atoms with Crippen LogP contribution in [-0.4, -0.2) is 11.7 Å². The molecule has 0 saturated heterocycles. The molecule has 21 heavy (non-hydrogen) atoms. The van der Waals surface area contributed by atoms with Crippen LogP contribution in [0.1, 0.15) is 10.4 Å². The SMILES string of the molecule is O=C(Nc1c(F)cccc1F)c1ccc(SC(F)F)cc1. The molecular formula is C14H9F4NOS. The number of carbonyl (C=O) groups is 1. The summed E-state index contributed by atoms with van der Waals surface area (Å²) >= 11 is 0.343. The molecule has 0 bridgehead atoms. The number of rotatable bonds is 4. The number of hydrogen-bond acceptors (Lipinski definition) is 2. The predicted molar refractivity (Wildman–Crippen MR) is 72.6 cm³/mol. The van der Waals surface area contributed by atoms with E-state index in [9.17, 15) is 22.4 Å². The first-order valence-electron chi connectivity index (χ1n) is 5.77. The highest BCUT2D eigenvalue weighted by Crippen LogP contribution is 2.25. The highest BCUT2D eigenvalue weighted by molar-refractivity contribution is 7.99. The Morgan fingerprint density at radius 2 is 1.57 bits per heavy atom. The number of benzene rings is 2. The molecule has 0 aromatic heterocycles.